The topological polar surface area (TPSA) is 29.4 Å². The van der Waals surface area contributed by atoms with Crippen molar-refractivity contribution in [1.29, 1.82) is 0 Å². The largest absolute Gasteiger partial charge is 0.286 e. The number of hydrogen-bond donors (Lipinski definition) is 0. The van der Waals surface area contributed by atoms with Gasteiger partial charge in [-0.3, -0.25) is 9.79 Å². The van der Waals surface area contributed by atoms with Crippen LogP contribution < -0.4 is 0 Å². The van der Waals surface area contributed by atoms with E-state index < -0.39 is 0 Å². The van der Waals surface area contributed by atoms with Crippen molar-refractivity contribution in [3.63, 3.8) is 0 Å². The summed E-state index contributed by atoms with van der Waals surface area (Å²) in [4.78, 5) is 16.6. The van der Waals surface area contributed by atoms with Crippen molar-refractivity contribution < 1.29 is 4.79 Å². The predicted octanol–water partition coefficient (Wildman–Crippen LogP) is 3.75. The average molecular weight is 265 g/mol. The van der Waals surface area contributed by atoms with Crippen molar-refractivity contribution in [2.45, 2.75) is 19.9 Å². The van der Waals surface area contributed by atoms with Crippen molar-refractivity contribution >= 4 is 33.0 Å². The minimum absolute atomic E-state index is 0.0148. The highest BCUT2D eigenvalue weighted by Crippen LogP contribution is 2.37. The quantitative estimate of drug-likeness (QED) is 0.815. The van der Waals surface area contributed by atoms with Crippen LogP contribution in [0.25, 0.3) is 0 Å². The number of aliphatic imine (C=N–C) groups is 1. The summed E-state index contributed by atoms with van der Waals surface area (Å²) in [5, 5.41) is 0.227. The molecular formula is C13H15NOS2. The lowest BCUT2D eigenvalue weighted by molar-refractivity contribution is -0.114. The SMILES string of the molecule is CCSC1=N[C@@H](c2ccccc2)[C@@H](C)C(=O)S1. The Labute approximate surface area is 110 Å². The number of carbonyl (C=O) groups is 1. The van der Waals surface area contributed by atoms with Crippen LogP contribution in [-0.4, -0.2) is 15.2 Å². The third-order valence-electron chi connectivity index (χ3n) is 2.69. The van der Waals surface area contributed by atoms with E-state index in [1.165, 1.54) is 11.8 Å². The van der Waals surface area contributed by atoms with Gasteiger partial charge in [-0.1, -0.05) is 55.9 Å². The molecule has 1 heterocycles. The Bertz CT molecular complexity index is 430. The molecule has 0 saturated carbocycles. The minimum Gasteiger partial charge on any atom is -0.286 e. The first-order valence-corrected chi connectivity index (χ1v) is 7.49. The van der Waals surface area contributed by atoms with Gasteiger partial charge in [0.1, 0.15) is 4.38 Å². The van der Waals surface area contributed by atoms with Crippen molar-refractivity contribution in [3.05, 3.63) is 35.9 Å². The zero-order valence-electron chi connectivity index (χ0n) is 9.92. The number of benzene rings is 1. The number of nitrogens with zero attached hydrogens (tertiary/aromatic N) is 1. The number of rotatable bonds is 2. The van der Waals surface area contributed by atoms with E-state index in [0.29, 0.717) is 0 Å². The monoisotopic (exact) mass is 265 g/mol. The fraction of sp³-hybridized carbons (Fsp3) is 0.385. The number of thioether (sulfide) groups is 2. The molecule has 0 aliphatic carbocycles. The lowest BCUT2D eigenvalue weighted by atomic mass is 9.96. The Morgan fingerprint density at radius 2 is 2.06 bits per heavy atom. The number of hydrogen-bond acceptors (Lipinski definition) is 4. The molecule has 2 rings (SSSR count). The highest BCUT2D eigenvalue weighted by molar-refractivity contribution is 8.44. The summed E-state index contributed by atoms with van der Waals surface area (Å²) in [6, 6.07) is 10.1. The van der Waals surface area contributed by atoms with Crippen LogP contribution in [-0.2, 0) is 4.79 Å². The molecule has 2 atom stereocenters. The maximum atomic E-state index is 11.9. The molecule has 2 nitrogen and oxygen atoms in total. The van der Waals surface area contributed by atoms with Gasteiger partial charge >= 0.3 is 0 Å². The molecule has 0 fully saturated rings. The maximum Gasteiger partial charge on any atom is 0.200 e. The van der Waals surface area contributed by atoms with Crippen LogP contribution in [0.5, 0.6) is 0 Å². The molecular weight excluding hydrogens is 250 g/mol. The molecule has 1 aromatic carbocycles. The average Bonchev–Trinajstić information content (AvgIpc) is 2.35. The van der Waals surface area contributed by atoms with Gasteiger partial charge in [-0.25, -0.2) is 0 Å². The summed E-state index contributed by atoms with van der Waals surface area (Å²) in [5.41, 5.74) is 1.13. The smallest absolute Gasteiger partial charge is 0.200 e. The first-order valence-electron chi connectivity index (χ1n) is 5.69. The van der Waals surface area contributed by atoms with Crippen LogP contribution in [0.15, 0.2) is 35.3 Å². The van der Waals surface area contributed by atoms with Gasteiger partial charge in [0.2, 0.25) is 5.12 Å². The van der Waals surface area contributed by atoms with Crippen LogP contribution in [0.2, 0.25) is 0 Å². The fourth-order valence-corrected chi connectivity index (χ4v) is 3.69. The molecule has 90 valence electrons. The van der Waals surface area contributed by atoms with Crippen LogP contribution >= 0.6 is 23.5 Å². The molecule has 1 aliphatic heterocycles. The first-order chi connectivity index (χ1) is 8.22. The summed E-state index contributed by atoms with van der Waals surface area (Å²) in [6.45, 7) is 4.04. The van der Waals surface area contributed by atoms with E-state index in [-0.39, 0.29) is 17.1 Å². The number of carbonyl (C=O) groups excluding carboxylic acids is 1. The highest BCUT2D eigenvalue weighted by Gasteiger charge is 2.31. The molecule has 0 spiro atoms. The zero-order chi connectivity index (χ0) is 12.3. The molecule has 0 amide bonds. The minimum atomic E-state index is -0.0383. The molecule has 4 heteroatoms. The van der Waals surface area contributed by atoms with E-state index in [0.717, 1.165) is 15.7 Å². The second-order valence-electron chi connectivity index (χ2n) is 3.89. The Morgan fingerprint density at radius 1 is 1.35 bits per heavy atom. The normalized spacial score (nSPS) is 24.6. The Balaban J connectivity index is 2.30. The molecule has 0 saturated heterocycles. The molecule has 0 N–H and O–H groups in total. The molecule has 1 aliphatic rings. The first kappa shape index (κ1) is 12.7. The molecule has 0 aromatic heterocycles. The zero-order valence-corrected chi connectivity index (χ0v) is 11.6. The summed E-state index contributed by atoms with van der Waals surface area (Å²) >= 11 is 2.94. The van der Waals surface area contributed by atoms with E-state index in [4.69, 9.17) is 4.99 Å². The van der Waals surface area contributed by atoms with Crippen molar-refractivity contribution in [2.24, 2.45) is 10.9 Å². The van der Waals surface area contributed by atoms with Gasteiger partial charge in [-0.15, -0.1) is 0 Å². The van der Waals surface area contributed by atoms with Gasteiger partial charge in [0.25, 0.3) is 0 Å². The van der Waals surface area contributed by atoms with E-state index in [1.54, 1.807) is 11.8 Å². The summed E-state index contributed by atoms with van der Waals surface area (Å²) in [5.74, 6) is 0.915. The third-order valence-corrected chi connectivity index (χ3v) is 4.78. The van der Waals surface area contributed by atoms with Gasteiger partial charge in [0, 0.05) is 0 Å². The fourth-order valence-electron chi connectivity index (χ4n) is 1.76. The van der Waals surface area contributed by atoms with Crippen LogP contribution in [0, 0.1) is 5.92 Å². The standard InChI is InChI=1S/C13H15NOS2/c1-3-16-13-14-11(9(2)12(15)17-13)10-7-5-4-6-8-10/h4-9,11H,3H2,1-2H3/t9-,11-/m1/s1. The summed E-state index contributed by atoms with van der Waals surface area (Å²) in [7, 11) is 0. The molecule has 17 heavy (non-hydrogen) atoms. The second kappa shape index (κ2) is 5.74. The van der Waals surface area contributed by atoms with Crippen LogP contribution in [0.4, 0.5) is 0 Å². The second-order valence-corrected chi connectivity index (χ2v) is 6.40. The van der Waals surface area contributed by atoms with Crippen molar-refractivity contribution in [3.8, 4) is 0 Å². The van der Waals surface area contributed by atoms with Crippen molar-refractivity contribution in [1.82, 2.24) is 0 Å². The summed E-state index contributed by atoms with van der Waals surface area (Å²) < 4.78 is 0.907. The van der Waals surface area contributed by atoms with Gasteiger partial charge < -0.3 is 0 Å². The Hall–Kier alpha value is -0.740. The van der Waals surface area contributed by atoms with E-state index >= 15 is 0 Å². The lowest BCUT2D eigenvalue weighted by Crippen LogP contribution is -2.22. The van der Waals surface area contributed by atoms with Crippen LogP contribution in [0.1, 0.15) is 25.5 Å². The van der Waals surface area contributed by atoms with Crippen LogP contribution in [0.3, 0.4) is 0 Å². The van der Waals surface area contributed by atoms with Gasteiger partial charge in [0.05, 0.1) is 12.0 Å². The van der Waals surface area contributed by atoms with Gasteiger partial charge in [-0.2, -0.15) is 0 Å². The van der Waals surface area contributed by atoms with Gasteiger partial charge in [0.15, 0.2) is 0 Å². The Morgan fingerprint density at radius 3 is 2.71 bits per heavy atom. The van der Waals surface area contributed by atoms with Crippen molar-refractivity contribution in [2.75, 3.05) is 5.75 Å². The van der Waals surface area contributed by atoms with Gasteiger partial charge in [-0.05, 0) is 23.1 Å². The maximum absolute atomic E-state index is 11.9. The Kier molecular flexibility index (Phi) is 4.29. The predicted molar refractivity (Wildman–Crippen MR) is 76.5 cm³/mol. The third kappa shape index (κ3) is 2.93. The molecule has 1 aromatic rings. The summed E-state index contributed by atoms with van der Waals surface area (Å²) in [6.07, 6.45) is 0. The highest BCUT2D eigenvalue weighted by atomic mass is 32.2. The van der Waals surface area contributed by atoms with E-state index in [1.807, 2.05) is 37.3 Å². The van der Waals surface area contributed by atoms with E-state index in [2.05, 4.69) is 6.92 Å². The molecule has 0 radical (unpaired) electrons. The lowest BCUT2D eigenvalue weighted by Gasteiger charge is -2.24. The molecule has 0 bridgehead atoms. The van der Waals surface area contributed by atoms with E-state index in [9.17, 15) is 4.79 Å². The molecule has 0 unspecified atom stereocenters.